The van der Waals surface area contributed by atoms with Gasteiger partial charge in [-0.1, -0.05) is 20.8 Å². The molecule has 3 aromatic rings. The quantitative estimate of drug-likeness (QED) is 0.212. The van der Waals surface area contributed by atoms with E-state index in [0.717, 1.165) is 77.0 Å². The smallest absolute Gasteiger partial charge is 0.410 e. The lowest BCUT2D eigenvalue weighted by Crippen LogP contribution is -2.50. The molecule has 0 bridgehead atoms. The van der Waals surface area contributed by atoms with Crippen molar-refractivity contribution in [1.29, 1.82) is 5.26 Å². The standard InChI is InChI=1S/C40H56N4O5SSi/c1-38(2,3)49-37(45)44-24-29(22-40(44,7)26-47-34-14-10-11-18-46-34)43-17-12-13-28-19-27(23-41)20-32(35(28)43)31-15-16-42-33-21-30(50-36(31)33)25-48-51(8,9)39(4,5)6/h15-16,19-21,29,34H,10-14,17-18,22,24-26H2,1-9H3/t29-,34?,40+/m0/s1. The highest BCUT2D eigenvalue weighted by Gasteiger charge is 2.49. The molecule has 2 aromatic heterocycles. The van der Waals surface area contributed by atoms with E-state index < -0.39 is 19.5 Å². The van der Waals surface area contributed by atoms with Gasteiger partial charge in [0.1, 0.15) is 5.60 Å². The fourth-order valence-corrected chi connectivity index (χ4v) is 9.44. The van der Waals surface area contributed by atoms with Gasteiger partial charge in [0.15, 0.2) is 14.6 Å². The number of aryl methyl sites for hydroxylation is 1. The monoisotopic (exact) mass is 732 g/mol. The summed E-state index contributed by atoms with van der Waals surface area (Å²) in [6.45, 7) is 22.2. The number of nitrogens with zero attached hydrogens (tertiary/aromatic N) is 4. The summed E-state index contributed by atoms with van der Waals surface area (Å²) in [5.74, 6) is 0. The Morgan fingerprint density at radius 3 is 2.61 bits per heavy atom. The Morgan fingerprint density at radius 1 is 1.14 bits per heavy atom. The maximum absolute atomic E-state index is 13.8. The maximum atomic E-state index is 13.8. The summed E-state index contributed by atoms with van der Waals surface area (Å²) in [7, 11) is -1.93. The number of hydrogen-bond donors (Lipinski definition) is 0. The zero-order chi connectivity index (χ0) is 36.8. The van der Waals surface area contributed by atoms with Crippen LogP contribution < -0.4 is 4.90 Å². The Bertz CT molecular complexity index is 1780. The molecule has 2 fully saturated rings. The van der Waals surface area contributed by atoms with Crippen molar-refractivity contribution in [2.24, 2.45) is 0 Å². The molecule has 0 N–H and O–H groups in total. The summed E-state index contributed by atoms with van der Waals surface area (Å²) in [4.78, 5) is 24.2. The number of aromatic nitrogens is 1. The molecule has 5 heterocycles. The van der Waals surface area contributed by atoms with Crippen LogP contribution in [-0.2, 0) is 31.7 Å². The molecule has 1 aromatic carbocycles. The van der Waals surface area contributed by atoms with Crippen molar-refractivity contribution < 1.29 is 23.4 Å². The first-order valence-corrected chi connectivity index (χ1v) is 22.3. The summed E-state index contributed by atoms with van der Waals surface area (Å²) in [5, 5.41) is 10.3. The van der Waals surface area contributed by atoms with Gasteiger partial charge in [0, 0.05) is 53.6 Å². The van der Waals surface area contributed by atoms with E-state index >= 15 is 0 Å². The molecule has 1 unspecified atom stereocenters. The van der Waals surface area contributed by atoms with Gasteiger partial charge in [-0.05, 0) is 114 Å². The minimum atomic E-state index is -1.93. The molecule has 3 aliphatic rings. The summed E-state index contributed by atoms with van der Waals surface area (Å²) in [6, 6.07) is 10.8. The van der Waals surface area contributed by atoms with Crippen molar-refractivity contribution in [2.75, 3.05) is 31.2 Å². The van der Waals surface area contributed by atoms with Gasteiger partial charge in [-0.2, -0.15) is 5.26 Å². The third-order valence-electron chi connectivity index (χ3n) is 11.1. The first kappa shape index (κ1) is 37.7. The number of carbonyl (C=O) groups excluding carboxylic acids is 1. The fourth-order valence-electron chi connectivity index (χ4n) is 7.34. The Morgan fingerprint density at radius 2 is 1.92 bits per heavy atom. The van der Waals surface area contributed by atoms with Crippen molar-refractivity contribution in [3.63, 3.8) is 0 Å². The van der Waals surface area contributed by atoms with E-state index in [1.807, 2.05) is 37.9 Å². The first-order chi connectivity index (χ1) is 24.0. The largest absolute Gasteiger partial charge is 0.444 e. The Hall–Kier alpha value is -3.01. The van der Waals surface area contributed by atoms with Crippen LogP contribution in [0.2, 0.25) is 18.1 Å². The lowest BCUT2D eigenvalue weighted by molar-refractivity contribution is -0.177. The molecular formula is C40H56N4O5SSi. The van der Waals surface area contributed by atoms with Crippen molar-refractivity contribution >= 4 is 41.7 Å². The van der Waals surface area contributed by atoms with Crippen LogP contribution in [0.15, 0.2) is 30.5 Å². The lowest BCUT2D eigenvalue weighted by atomic mass is 9.89. The van der Waals surface area contributed by atoms with E-state index in [1.54, 1.807) is 11.3 Å². The van der Waals surface area contributed by atoms with E-state index in [9.17, 15) is 10.1 Å². The highest BCUT2D eigenvalue weighted by Crippen LogP contribution is 2.46. The van der Waals surface area contributed by atoms with Crippen LogP contribution in [-0.4, -0.2) is 74.1 Å². The molecule has 11 heteroatoms. The van der Waals surface area contributed by atoms with Crippen LogP contribution in [0.4, 0.5) is 10.5 Å². The average molecular weight is 733 g/mol. The third-order valence-corrected chi connectivity index (χ3v) is 16.7. The second kappa shape index (κ2) is 14.4. The number of thiophene rings is 1. The molecule has 9 nitrogen and oxygen atoms in total. The molecule has 51 heavy (non-hydrogen) atoms. The van der Waals surface area contributed by atoms with Crippen LogP contribution in [0.1, 0.15) is 96.6 Å². The number of carbonyl (C=O) groups is 1. The predicted octanol–water partition coefficient (Wildman–Crippen LogP) is 9.42. The van der Waals surface area contributed by atoms with Gasteiger partial charge in [-0.25, -0.2) is 4.79 Å². The van der Waals surface area contributed by atoms with Gasteiger partial charge in [0.05, 0.1) is 40.6 Å². The normalized spacial score (nSPS) is 23.0. The van der Waals surface area contributed by atoms with Gasteiger partial charge < -0.3 is 23.5 Å². The van der Waals surface area contributed by atoms with Gasteiger partial charge in [-0.3, -0.25) is 9.88 Å². The maximum Gasteiger partial charge on any atom is 0.410 e. The molecule has 2 saturated heterocycles. The van der Waals surface area contributed by atoms with Gasteiger partial charge in [-0.15, -0.1) is 11.3 Å². The van der Waals surface area contributed by atoms with E-state index in [-0.39, 0.29) is 23.5 Å². The van der Waals surface area contributed by atoms with Gasteiger partial charge in [0.25, 0.3) is 0 Å². The molecule has 0 saturated carbocycles. The SMILES string of the molecule is CC(C)(C)OC(=O)N1C[C@@H](N2CCCc3cc(C#N)cc(-c4ccnc5cc(CO[Si](C)(C)C(C)(C)C)sc45)c32)C[C@]1(C)COC1CCCCO1. The number of rotatable bonds is 8. The second-order valence-corrected chi connectivity index (χ2v) is 23.3. The zero-order valence-corrected chi connectivity index (χ0v) is 33.9. The third kappa shape index (κ3) is 8.15. The number of benzene rings is 1. The van der Waals surface area contributed by atoms with Crippen molar-refractivity contribution in [1.82, 2.24) is 9.88 Å². The Balaban J connectivity index is 1.36. The van der Waals surface area contributed by atoms with E-state index in [1.165, 1.54) is 5.56 Å². The molecule has 3 atom stereocenters. The number of nitriles is 1. The summed E-state index contributed by atoms with van der Waals surface area (Å²) < 4.78 is 26.0. The molecular weight excluding hydrogens is 677 g/mol. The number of anilines is 1. The van der Waals surface area contributed by atoms with Crippen LogP contribution >= 0.6 is 11.3 Å². The molecule has 0 spiro atoms. The first-order valence-electron chi connectivity index (χ1n) is 18.6. The fraction of sp³-hybridized carbons (Fsp3) is 0.625. The summed E-state index contributed by atoms with van der Waals surface area (Å²) in [6.07, 6.45) is 6.88. The second-order valence-electron chi connectivity index (χ2n) is 17.3. The molecule has 0 radical (unpaired) electrons. The lowest BCUT2D eigenvalue weighted by Gasteiger charge is -2.38. The van der Waals surface area contributed by atoms with Crippen molar-refractivity contribution in [2.45, 2.75) is 135 Å². The topological polar surface area (TPSA) is 97.2 Å². The number of amides is 1. The molecule has 3 aliphatic heterocycles. The zero-order valence-electron chi connectivity index (χ0n) is 32.1. The van der Waals surface area contributed by atoms with Crippen molar-refractivity contribution in [3.05, 3.63) is 46.5 Å². The Kier molecular flexibility index (Phi) is 10.7. The summed E-state index contributed by atoms with van der Waals surface area (Å²) in [5.41, 5.74) is 4.82. The summed E-state index contributed by atoms with van der Waals surface area (Å²) >= 11 is 1.73. The van der Waals surface area contributed by atoms with Gasteiger partial charge >= 0.3 is 6.09 Å². The van der Waals surface area contributed by atoms with Crippen LogP contribution in [0.3, 0.4) is 0 Å². The minimum absolute atomic E-state index is 0.0262. The number of hydrogen-bond acceptors (Lipinski definition) is 9. The number of ether oxygens (including phenoxy) is 3. The van der Waals surface area contributed by atoms with Crippen molar-refractivity contribution in [3.8, 4) is 17.2 Å². The predicted molar refractivity (Wildman–Crippen MR) is 207 cm³/mol. The molecule has 6 rings (SSSR count). The number of likely N-dealkylation sites (tertiary alicyclic amines) is 1. The van der Waals surface area contributed by atoms with Crippen LogP contribution in [0.5, 0.6) is 0 Å². The highest BCUT2D eigenvalue weighted by atomic mass is 32.1. The average Bonchev–Trinajstić information content (AvgIpc) is 3.66. The molecule has 0 aliphatic carbocycles. The van der Waals surface area contributed by atoms with E-state index in [4.69, 9.17) is 23.6 Å². The van der Waals surface area contributed by atoms with Crippen LogP contribution in [0.25, 0.3) is 21.3 Å². The van der Waals surface area contributed by atoms with Gasteiger partial charge in [0.2, 0.25) is 0 Å². The number of pyridine rings is 1. The Labute approximate surface area is 309 Å². The van der Waals surface area contributed by atoms with E-state index in [0.29, 0.717) is 31.9 Å². The molecule has 276 valence electrons. The molecule has 1 amide bonds. The van der Waals surface area contributed by atoms with Crippen LogP contribution in [0, 0.1) is 11.3 Å². The highest BCUT2D eigenvalue weighted by molar-refractivity contribution is 7.19. The minimum Gasteiger partial charge on any atom is -0.444 e. The van der Waals surface area contributed by atoms with E-state index in [2.05, 4.69) is 70.0 Å². The number of fused-ring (bicyclic) bond motifs is 2.